The maximum Gasteiger partial charge on any atom is 0.261 e. The number of unbranched alkanes of at least 4 members (excludes halogenated alkanes) is 1. The normalized spacial score (nSPS) is 12.9. The molecule has 28 heavy (non-hydrogen) atoms. The third-order valence-electron chi connectivity index (χ3n) is 4.74. The van der Waals surface area contributed by atoms with Crippen LogP contribution < -0.4 is 15.4 Å². The Kier molecular flexibility index (Phi) is 7.03. The van der Waals surface area contributed by atoms with Crippen LogP contribution >= 0.6 is 11.3 Å². The van der Waals surface area contributed by atoms with Gasteiger partial charge < -0.3 is 15.4 Å². The fraction of sp³-hybridized carbons (Fsp3) is 0.476. The van der Waals surface area contributed by atoms with E-state index in [4.69, 9.17) is 4.74 Å². The molecule has 2 heterocycles. The fourth-order valence-electron chi connectivity index (χ4n) is 3.35. The fourth-order valence-corrected chi connectivity index (χ4v) is 4.63. The van der Waals surface area contributed by atoms with E-state index in [-0.39, 0.29) is 11.8 Å². The van der Waals surface area contributed by atoms with Crippen molar-refractivity contribution >= 4 is 28.2 Å². The van der Waals surface area contributed by atoms with E-state index < -0.39 is 0 Å². The number of rotatable bonds is 8. The molecule has 150 valence electrons. The van der Waals surface area contributed by atoms with Crippen LogP contribution in [0.1, 0.15) is 70.7 Å². The van der Waals surface area contributed by atoms with Crippen molar-refractivity contribution in [2.45, 2.75) is 52.4 Å². The van der Waals surface area contributed by atoms with Crippen LogP contribution in [0.3, 0.4) is 0 Å². The second-order valence-corrected chi connectivity index (χ2v) is 7.87. The largest absolute Gasteiger partial charge is 0.477 e. The van der Waals surface area contributed by atoms with E-state index in [9.17, 15) is 9.59 Å². The van der Waals surface area contributed by atoms with Gasteiger partial charge in [0.2, 0.25) is 5.88 Å². The second-order valence-electron chi connectivity index (χ2n) is 6.77. The van der Waals surface area contributed by atoms with E-state index in [1.165, 1.54) is 16.2 Å². The number of aryl methyl sites for hydroxylation is 1. The molecule has 0 saturated carbocycles. The molecular formula is C21H27N3O3S. The molecule has 0 bridgehead atoms. The van der Waals surface area contributed by atoms with E-state index >= 15 is 0 Å². The number of hydrogen-bond donors (Lipinski definition) is 2. The summed E-state index contributed by atoms with van der Waals surface area (Å²) in [5.74, 6) is -0.102. The van der Waals surface area contributed by atoms with Gasteiger partial charge in [-0.05, 0) is 56.7 Å². The summed E-state index contributed by atoms with van der Waals surface area (Å²) in [4.78, 5) is 31.1. The Morgan fingerprint density at radius 1 is 1.21 bits per heavy atom. The zero-order valence-corrected chi connectivity index (χ0v) is 17.3. The Balaban J connectivity index is 1.88. The van der Waals surface area contributed by atoms with Crippen molar-refractivity contribution in [2.24, 2.45) is 0 Å². The highest BCUT2D eigenvalue weighted by molar-refractivity contribution is 7.17. The maximum atomic E-state index is 12.9. The summed E-state index contributed by atoms with van der Waals surface area (Å²) < 4.78 is 5.47. The first kappa shape index (κ1) is 20.3. The lowest BCUT2D eigenvalue weighted by molar-refractivity contribution is 0.0953. The molecule has 1 aliphatic rings. The molecule has 6 nitrogen and oxygen atoms in total. The quantitative estimate of drug-likeness (QED) is 0.650. The minimum atomic E-state index is -0.308. The topological polar surface area (TPSA) is 80.3 Å². The van der Waals surface area contributed by atoms with E-state index in [1.807, 2.05) is 6.92 Å². The molecule has 0 spiro atoms. The number of pyridine rings is 1. The Bertz CT molecular complexity index is 847. The van der Waals surface area contributed by atoms with Crippen LogP contribution in [-0.2, 0) is 12.8 Å². The molecule has 7 heteroatoms. The molecule has 0 aliphatic heterocycles. The van der Waals surface area contributed by atoms with E-state index in [2.05, 4.69) is 22.5 Å². The molecule has 3 rings (SSSR count). The molecule has 0 saturated heterocycles. The average Bonchev–Trinajstić information content (AvgIpc) is 3.06. The predicted molar refractivity (Wildman–Crippen MR) is 112 cm³/mol. The molecule has 2 amide bonds. The van der Waals surface area contributed by atoms with Gasteiger partial charge in [0, 0.05) is 17.6 Å². The Hall–Kier alpha value is -2.41. The summed E-state index contributed by atoms with van der Waals surface area (Å²) in [6.07, 6.45) is 7.59. The molecule has 2 aromatic heterocycles. The number of amides is 2. The highest BCUT2D eigenvalue weighted by atomic mass is 32.1. The molecule has 0 atom stereocenters. The van der Waals surface area contributed by atoms with Crippen LogP contribution in [0.5, 0.6) is 5.88 Å². The van der Waals surface area contributed by atoms with Crippen LogP contribution in [0.2, 0.25) is 0 Å². The van der Waals surface area contributed by atoms with Gasteiger partial charge in [0.1, 0.15) is 10.6 Å². The number of nitrogens with one attached hydrogen (secondary N) is 2. The Morgan fingerprint density at radius 3 is 2.82 bits per heavy atom. The molecule has 0 unspecified atom stereocenters. The molecule has 2 aromatic rings. The van der Waals surface area contributed by atoms with Crippen molar-refractivity contribution in [1.82, 2.24) is 10.3 Å². The van der Waals surface area contributed by atoms with Gasteiger partial charge in [-0.3, -0.25) is 9.59 Å². The van der Waals surface area contributed by atoms with Crippen molar-refractivity contribution < 1.29 is 14.3 Å². The standard InChI is InChI=1S/C21H27N3O3S/c1-3-5-12-22-19(26)17-14-9-6-7-11-16(14)28-21(17)24-18(25)15-10-8-13-23-20(15)27-4-2/h8,10,13H,3-7,9,11-12H2,1-2H3,(H,22,26)(H,24,25). The Morgan fingerprint density at radius 2 is 2.04 bits per heavy atom. The summed E-state index contributed by atoms with van der Waals surface area (Å²) in [6, 6.07) is 3.39. The third-order valence-corrected chi connectivity index (χ3v) is 5.95. The lowest BCUT2D eigenvalue weighted by Gasteiger charge is -2.13. The summed E-state index contributed by atoms with van der Waals surface area (Å²) >= 11 is 1.52. The van der Waals surface area contributed by atoms with Gasteiger partial charge in [-0.15, -0.1) is 11.3 Å². The van der Waals surface area contributed by atoms with Crippen LogP contribution in [0.25, 0.3) is 0 Å². The maximum absolute atomic E-state index is 12.9. The third kappa shape index (κ3) is 4.52. The number of fused-ring (bicyclic) bond motifs is 1. The minimum absolute atomic E-state index is 0.0978. The van der Waals surface area contributed by atoms with Gasteiger partial charge in [0.25, 0.3) is 11.8 Å². The summed E-state index contributed by atoms with van der Waals surface area (Å²) in [7, 11) is 0. The molecule has 1 aliphatic carbocycles. The van der Waals surface area contributed by atoms with Crippen LogP contribution in [0.4, 0.5) is 5.00 Å². The molecular weight excluding hydrogens is 374 g/mol. The number of hydrogen-bond acceptors (Lipinski definition) is 5. The molecule has 0 fully saturated rings. The lowest BCUT2D eigenvalue weighted by atomic mass is 9.95. The number of carbonyl (C=O) groups excluding carboxylic acids is 2. The van der Waals surface area contributed by atoms with Crippen molar-refractivity contribution in [3.63, 3.8) is 0 Å². The van der Waals surface area contributed by atoms with Crippen LogP contribution in [0, 0.1) is 0 Å². The Labute approximate surface area is 169 Å². The van der Waals surface area contributed by atoms with E-state index in [1.54, 1.807) is 18.3 Å². The number of thiophene rings is 1. The van der Waals surface area contributed by atoms with Gasteiger partial charge in [0.05, 0.1) is 12.2 Å². The van der Waals surface area contributed by atoms with E-state index in [0.717, 1.165) is 44.1 Å². The van der Waals surface area contributed by atoms with Crippen LogP contribution in [-0.4, -0.2) is 29.9 Å². The smallest absolute Gasteiger partial charge is 0.261 e. The van der Waals surface area contributed by atoms with Crippen LogP contribution in [0.15, 0.2) is 18.3 Å². The van der Waals surface area contributed by atoms with Crippen molar-refractivity contribution in [3.05, 3.63) is 39.9 Å². The van der Waals surface area contributed by atoms with Gasteiger partial charge in [0.15, 0.2) is 0 Å². The number of carbonyl (C=O) groups is 2. The van der Waals surface area contributed by atoms with Gasteiger partial charge >= 0.3 is 0 Å². The van der Waals surface area contributed by atoms with Gasteiger partial charge in [-0.2, -0.15) is 0 Å². The summed E-state index contributed by atoms with van der Waals surface area (Å²) in [5.41, 5.74) is 2.09. The highest BCUT2D eigenvalue weighted by Crippen LogP contribution is 2.38. The first-order valence-electron chi connectivity index (χ1n) is 9.97. The van der Waals surface area contributed by atoms with Crippen molar-refractivity contribution in [3.8, 4) is 5.88 Å². The minimum Gasteiger partial charge on any atom is -0.477 e. The number of aromatic nitrogens is 1. The second kappa shape index (κ2) is 9.68. The van der Waals surface area contributed by atoms with E-state index in [0.29, 0.717) is 35.2 Å². The first-order valence-corrected chi connectivity index (χ1v) is 10.8. The first-order chi connectivity index (χ1) is 13.7. The number of ether oxygens (including phenoxy) is 1. The summed E-state index contributed by atoms with van der Waals surface area (Å²) in [5, 5.41) is 6.58. The van der Waals surface area contributed by atoms with Gasteiger partial charge in [-0.1, -0.05) is 13.3 Å². The molecule has 0 aromatic carbocycles. The van der Waals surface area contributed by atoms with Crippen molar-refractivity contribution in [1.29, 1.82) is 0 Å². The molecule has 2 N–H and O–H groups in total. The number of nitrogens with zero attached hydrogens (tertiary/aromatic N) is 1. The highest BCUT2D eigenvalue weighted by Gasteiger charge is 2.27. The number of anilines is 1. The lowest BCUT2D eigenvalue weighted by Crippen LogP contribution is -2.26. The summed E-state index contributed by atoms with van der Waals surface area (Å²) in [6.45, 7) is 5.01. The zero-order valence-electron chi connectivity index (χ0n) is 16.5. The SMILES string of the molecule is CCCCNC(=O)c1c(NC(=O)c2cccnc2OCC)sc2c1CCCC2. The predicted octanol–water partition coefficient (Wildman–Crippen LogP) is 4.20. The average molecular weight is 402 g/mol. The van der Waals surface area contributed by atoms with Crippen molar-refractivity contribution in [2.75, 3.05) is 18.5 Å². The molecule has 0 radical (unpaired) electrons. The van der Waals surface area contributed by atoms with Gasteiger partial charge in [-0.25, -0.2) is 4.98 Å². The monoisotopic (exact) mass is 401 g/mol. The zero-order chi connectivity index (χ0) is 19.9.